The lowest BCUT2D eigenvalue weighted by atomic mass is 9.79. The minimum absolute atomic E-state index is 0.279. The lowest BCUT2D eigenvalue weighted by molar-refractivity contribution is 0.00578. The third kappa shape index (κ3) is 2.17. The van der Waals surface area contributed by atoms with Gasteiger partial charge in [0.05, 0.1) is 11.2 Å². The fraction of sp³-hybridized carbons (Fsp3) is 0.429. The quantitative estimate of drug-likeness (QED) is 0.727. The standard InChI is InChI=1S/C14H19BO2/c1-6-11-7-9-12(10-8-11)15-16-13(2,3)14(4,5)17-15/h6-10H,1H2,2-5H3. The second-order valence-electron chi connectivity index (χ2n) is 5.46. The van der Waals surface area contributed by atoms with Crippen molar-refractivity contribution in [2.24, 2.45) is 0 Å². The maximum atomic E-state index is 5.98. The molecule has 0 aliphatic carbocycles. The summed E-state index contributed by atoms with van der Waals surface area (Å²) >= 11 is 0. The summed E-state index contributed by atoms with van der Waals surface area (Å²) in [6.07, 6.45) is 1.83. The molecule has 1 heterocycles. The summed E-state index contributed by atoms with van der Waals surface area (Å²) < 4.78 is 12.0. The first-order chi connectivity index (χ1) is 7.86. The third-order valence-corrected chi connectivity index (χ3v) is 3.70. The van der Waals surface area contributed by atoms with Crippen LogP contribution in [0.25, 0.3) is 6.08 Å². The Morgan fingerprint density at radius 1 is 1.00 bits per heavy atom. The van der Waals surface area contributed by atoms with Gasteiger partial charge in [-0.2, -0.15) is 0 Å². The molecular weight excluding hydrogens is 211 g/mol. The number of hydrogen-bond acceptors (Lipinski definition) is 2. The molecule has 0 saturated carbocycles. The summed E-state index contributed by atoms with van der Waals surface area (Å²) in [4.78, 5) is 0. The Morgan fingerprint density at radius 3 is 1.88 bits per heavy atom. The number of rotatable bonds is 2. The average molecular weight is 230 g/mol. The van der Waals surface area contributed by atoms with Gasteiger partial charge in [-0.15, -0.1) is 0 Å². The van der Waals surface area contributed by atoms with E-state index in [4.69, 9.17) is 9.31 Å². The minimum atomic E-state index is -0.283. The van der Waals surface area contributed by atoms with Gasteiger partial charge in [-0.3, -0.25) is 0 Å². The topological polar surface area (TPSA) is 18.5 Å². The number of benzene rings is 1. The van der Waals surface area contributed by atoms with Crippen molar-refractivity contribution < 1.29 is 9.31 Å². The molecule has 1 aromatic rings. The van der Waals surface area contributed by atoms with E-state index in [1.807, 2.05) is 30.3 Å². The van der Waals surface area contributed by atoms with E-state index in [1.165, 1.54) is 0 Å². The van der Waals surface area contributed by atoms with E-state index in [0.717, 1.165) is 11.0 Å². The van der Waals surface area contributed by atoms with Crippen molar-refractivity contribution >= 4 is 18.7 Å². The van der Waals surface area contributed by atoms with Crippen molar-refractivity contribution in [2.75, 3.05) is 0 Å². The van der Waals surface area contributed by atoms with Crippen molar-refractivity contribution in [1.29, 1.82) is 0 Å². The lowest BCUT2D eigenvalue weighted by Crippen LogP contribution is -2.41. The van der Waals surface area contributed by atoms with Gasteiger partial charge in [-0.1, -0.05) is 36.9 Å². The van der Waals surface area contributed by atoms with Gasteiger partial charge in [0, 0.05) is 0 Å². The van der Waals surface area contributed by atoms with E-state index in [2.05, 4.69) is 34.3 Å². The normalized spacial score (nSPS) is 21.5. The molecule has 0 amide bonds. The molecule has 0 unspecified atom stereocenters. The Hall–Kier alpha value is -1.06. The molecule has 0 aromatic heterocycles. The van der Waals surface area contributed by atoms with Gasteiger partial charge in [0.25, 0.3) is 0 Å². The predicted octanol–water partition coefficient (Wildman–Crippen LogP) is 2.63. The van der Waals surface area contributed by atoms with Gasteiger partial charge in [0.15, 0.2) is 0 Å². The monoisotopic (exact) mass is 230 g/mol. The molecule has 3 heteroatoms. The zero-order valence-corrected chi connectivity index (χ0v) is 11.0. The Kier molecular flexibility index (Phi) is 2.92. The molecule has 1 aliphatic heterocycles. The van der Waals surface area contributed by atoms with Gasteiger partial charge in [0.2, 0.25) is 0 Å². The highest BCUT2D eigenvalue weighted by atomic mass is 16.7. The molecule has 0 radical (unpaired) electrons. The lowest BCUT2D eigenvalue weighted by Gasteiger charge is -2.32. The summed E-state index contributed by atoms with van der Waals surface area (Å²) in [7, 11) is -0.279. The molecule has 2 nitrogen and oxygen atoms in total. The Balaban J connectivity index is 2.22. The van der Waals surface area contributed by atoms with Crippen molar-refractivity contribution in [3.05, 3.63) is 36.4 Å². The van der Waals surface area contributed by atoms with Gasteiger partial charge in [-0.05, 0) is 38.7 Å². The summed E-state index contributed by atoms with van der Waals surface area (Å²) in [6.45, 7) is 12.0. The summed E-state index contributed by atoms with van der Waals surface area (Å²) in [5.41, 5.74) is 1.59. The molecule has 90 valence electrons. The van der Waals surface area contributed by atoms with Gasteiger partial charge >= 0.3 is 7.12 Å². The maximum absolute atomic E-state index is 5.98. The highest BCUT2D eigenvalue weighted by Gasteiger charge is 2.51. The van der Waals surface area contributed by atoms with Crippen molar-refractivity contribution in [3.8, 4) is 0 Å². The largest absolute Gasteiger partial charge is 0.494 e. The Bertz CT molecular complexity index is 404. The molecule has 0 bridgehead atoms. The fourth-order valence-electron chi connectivity index (χ4n) is 1.77. The van der Waals surface area contributed by atoms with Crippen LogP contribution in [0, 0.1) is 0 Å². The van der Waals surface area contributed by atoms with Crippen LogP contribution in [0.1, 0.15) is 33.3 Å². The molecule has 2 rings (SSSR count). The Labute approximate surface area is 104 Å². The fourth-order valence-corrected chi connectivity index (χ4v) is 1.77. The summed E-state index contributed by atoms with van der Waals surface area (Å²) in [5.74, 6) is 0. The first-order valence-electron chi connectivity index (χ1n) is 5.94. The molecular formula is C14H19BO2. The van der Waals surface area contributed by atoms with Crippen LogP contribution in [-0.2, 0) is 9.31 Å². The van der Waals surface area contributed by atoms with E-state index in [-0.39, 0.29) is 18.3 Å². The molecule has 0 N–H and O–H groups in total. The average Bonchev–Trinajstić information content (AvgIpc) is 2.48. The van der Waals surface area contributed by atoms with Crippen molar-refractivity contribution in [1.82, 2.24) is 0 Å². The molecule has 1 aliphatic rings. The predicted molar refractivity (Wildman–Crippen MR) is 72.2 cm³/mol. The molecule has 1 saturated heterocycles. The minimum Gasteiger partial charge on any atom is -0.399 e. The maximum Gasteiger partial charge on any atom is 0.494 e. The third-order valence-electron chi connectivity index (χ3n) is 3.70. The second-order valence-corrected chi connectivity index (χ2v) is 5.46. The highest BCUT2D eigenvalue weighted by molar-refractivity contribution is 6.62. The molecule has 17 heavy (non-hydrogen) atoms. The molecule has 1 aromatic carbocycles. The first kappa shape index (κ1) is 12.4. The Morgan fingerprint density at radius 2 is 1.47 bits per heavy atom. The van der Waals surface area contributed by atoms with E-state index in [0.29, 0.717) is 0 Å². The van der Waals surface area contributed by atoms with E-state index in [1.54, 1.807) is 0 Å². The summed E-state index contributed by atoms with van der Waals surface area (Å²) in [5, 5.41) is 0. The number of hydrogen-bond donors (Lipinski definition) is 0. The molecule has 0 spiro atoms. The van der Waals surface area contributed by atoms with Crippen molar-refractivity contribution in [3.63, 3.8) is 0 Å². The van der Waals surface area contributed by atoms with Crippen LogP contribution >= 0.6 is 0 Å². The van der Waals surface area contributed by atoms with Crippen molar-refractivity contribution in [2.45, 2.75) is 38.9 Å². The van der Waals surface area contributed by atoms with E-state index in [9.17, 15) is 0 Å². The van der Waals surface area contributed by atoms with Gasteiger partial charge in [-0.25, -0.2) is 0 Å². The zero-order chi connectivity index (χ0) is 12.7. The SMILES string of the molecule is C=Cc1ccc(B2OC(C)(C)C(C)(C)O2)cc1. The van der Waals surface area contributed by atoms with E-state index >= 15 is 0 Å². The second kappa shape index (κ2) is 4.00. The highest BCUT2D eigenvalue weighted by Crippen LogP contribution is 2.36. The van der Waals surface area contributed by atoms with Crippen LogP contribution in [0.3, 0.4) is 0 Å². The van der Waals surface area contributed by atoms with Crippen LogP contribution < -0.4 is 5.46 Å². The molecule has 1 fully saturated rings. The van der Waals surface area contributed by atoms with Crippen LogP contribution in [0.4, 0.5) is 0 Å². The van der Waals surface area contributed by atoms with Crippen LogP contribution in [0.2, 0.25) is 0 Å². The van der Waals surface area contributed by atoms with Crippen LogP contribution in [0.15, 0.2) is 30.8 Å². The first-order valence-corrected chi connectivity index (χ1v) is 5.94. The van der Waals surface area contributed by atoms with Gasteiger partial charge in [0.1, 0.15) is 0 Å². The van der Waals surface area contributed by atoms with Crippen LogP contribution in [-0.4, -0.2) is 18.3 Å². The van der Waals surface area contributed by atoms with Crippen LogP contribution in [0.5, 0.6) is 0 Å². The van der Waals surface area contributed by atoms with E-state index < -0.39 is 0 Å². The zero-order valence-electron chi connectivity index (χ0n) is 11.0. The smallest absolute Gasteiger partial charge is 0.399 e. The van der Waals surface area contributed by atoms with Gasteiger partial charge < -0.3 is 9.31 Å². The molecule has 0 atom stereocenters. The summed E-state index contributed by atoms with van der Waals surface area (Å²) in [6, 6.07) is 8.10.